The fourth-order valence-corrected chi connectivity index (χ4v) is 2.11. The van der Waals surface area contributed by atoms with E-state index in [1.165, 1.54) is 0 Å². The SMILES string of the molecule is CC=C1NC(=O)c2ccccc2S1. The second-order valence-electron chi connectivity index (χ2n) is 2.71. The Morgan fingerprint density at radius 3 is 2.92 bits per heavy atom. The summed E-state index contributed by atoms with van der Waals surface area (Å²) in [6.45, 7) is 1.91. The van der Waals surface area contributed by atoms with E-state index in [-0.39, 0.29) is 5.91 Å². The Labute approximate surface area is 81.0 Å². The fourth-order valence-electron chi connectivity index (χ4n) is 1.20. The van der Waals surface area contributed by atoms with Gasteiger partial charge in [0.2, 0.25) is 0 Å². The largest absolute Gasteiger partial charge is 0.317 e. The maximum Gasteiger partial charge on any atom is 0.257 e. The zero-order valence-electron chi connectivity index (χ0n) is 7.20. The molecule has 1 aliphatic rings. The van der Waals surface area contributed by atoms with Crippen molar-refractivity contribution < 1.29 is 4.79 Å². The van der Waals surface area contributed by atoms with Gasteiger partial charge in [0.1, 0.15) is 0 Å². The Morgan fingerprint density at radius 1 is 1.38 bits per heavy atom. The van der Waals surface area contributed by atoms with Crippen molar-refractivity contribution in [2.45, 2.75) is 11.8 Å². The molecule has 0 unspecified atom stereocenters. The van der Waals surface area contributed by atoms with Crippen molar-refractivity contribution in [3.63, 3.8) is 0 Å². The lowest BCUT2D eigenvalue weighted by molar-refractivity contribution is 0.0964. The zero-order valence-corrected chi connectivity index (χ0v) is 8.02. The van der Waals surface area contributed by atoms with Crippen molar-refractivity contribution >= 4 is 17.7 Å². The Bertz CT molecular complexity index is 384. The summed E-state index contributed by atoms with van der Waals surface area (Å²) in [4.78, 5) is 12.5. The number of carbonyl (C=O) groups is 1. The highest BCUT2D eigenvalue weighted by Crippen LogP contribution is 2.31. The van der Waals surface area contributed by atoms with Crippen LogP contribution >= 0.6 is 11.8 Å². The minimum absolute atomic E-state index is 0.0116. The first kappa shape index (κ1) is 8.38. The molecule has 2 nitrogen and oxygen atoms in total. The number of hydrogen-bond donors (Lipinski definition) is 1. The van der Waals surface area contributed by atoms with Gasteiger partial charge in [-0.25, -0.2) is 0 Å². The smallest absolute Gasteiger partial charge is 0.257 e. The summed E-state index contributed by atoms with van der Waals surface area (Å²) in [5.41, 5.74) is 0.762. The van der Waals surface area contributed by atoms with Gasteiger partial charge in [0.15, 0.2) is 0 Å². The molecule has 0 saturated heterocycles. The number of thioether (sulfide) groups is 1. The van der Waals surface area contributed by atoms with Gasteiger partial charge in [0, 0.05) is 4.90 Å². The van der Waals surface area contributed by atoms with E-state index in [1.807, 2.05) is 37.3 Å². The first-order chi connectivity index (χ1) is 6.31. The lowest BCUT2D eigenvalue weighted by atomic mass is 10.2. The van der Waals surface area contributed by atoms with Crippen LogP contribution in [0.25, 0.3) is 0 Å². The van der Waals surface area contributed by atoms with E-state index >= 15 is 0 Å². The molecule has 0 radical (unpaired) electrons. The molecule has 1 N–H and O–H groups in total. The number of rotatable bonds is 0. The molecule has 66 valence electrons. The summed E-state index contributed by atoms with van der Waals surface area (Å²) in [6.07, 6.45) is 1.90. The molecule has 0 saturated carbocycles. The second-order valence-corrected chi connectivity index (χ2v) is 3.79. The first-order valence-electron chi connectivity index (χ1n) is 4.06. The van der Waals surface area contributed by atoms with Crippen molar-refractivity contribution in [1.82, 2.24) is 5.32 Å². The molecule has 2 rings (SSSR count). The van der Waals surface area contributed by atoms with Crippen molar-refractivity contribution in [1.29, 1.82) is 0 Å². The van der Waals surface area contributed by atoms with Crippen molar-refractivity contribution in [2.24, 2.45) is 0 Å². The van der Waals surface area contributed by atoms with E-state index in [0.29, 0.717) is 0 Å². The van der Waals surface area contributed by atoms with Crippen LogP contribution in [0, 0.1) is 0 Å². The Kier molecular flexibility index (Phi) is 2.10. The number of carbonyl (C=O) groups excluding carboxylic acids is 1. The topological polar surface area (TPSA) is 29.1 Å². The Morgan fingerprint density at radius 2 is 2.15 bits per heavy atom. The lowest BCUT2D eigenvalue weighted by Crippen LogP contribution is -2.25. The van der Waals surface area contributed by atoms with Gasteiger partial charge in [-0.1, -0.05) is 30.0 Å². The molecule has 0 aliphatic carbocycles. The third-order valence-electron chi connectivity index (χ3n) is 1.85. The summed E-state index contributed by atoms with van der Waals surface area (Å²) >= 11 is 1.59. The molecule has 0 spiro atoms. The summed E-state index contributed by atoms with van der Waals surface area (Å²) in [6, 6.07) is 7.61. The van der Waals surface area contributed by atoms with Gasteiger partial charge in [-0.3, -0.25) is 4.79 Å². The minimum atomic E-state index is -0.0116. The average molecular weight is 191 g/mol. The number of amides is 1. The van der Waals surface area contributed by atoms with Gasteiger partial charge in [0.25, 0.3) is 5.91 Å². The van der Waals surface area contributed by atoms with Crippen LogP contribution in [-0.4, -0.2) is 5.91 Å². The van der Waals surface area contributed by atoms with Crippen LogP contribution < -0.4 is 5.32 Å². The van der Waals surface area contributed by atoms with E-state index in [1.54, 1.807) is 11.8 Å². The molecule has 1 amide bonds. The Hall–Kier alpha value is -1.22. The number of nitrogens with one attached hydrogen (secondary N) is 1. The van der Waals surface area contributed by atoms with Crippen molar-refractivity contribution in [3.8, 4) is 0 Å². The van der Waals surface area contributed by atoms with E-state index in [9.17, 15) is 4.79 Å². The molecule has 0 aromatic heterocycles. The molecule has 1 heterocycles. The van der Waals surface area contributed by atoms with E-state index in [0.717, 1.165) is 15.5 Å². The highest BCUT2D eigenvalue weighted by atomic mass is 32.2. The molecule has 1 aromatic rings. The molecular weight excluding hydrogens is 182 g/mol. The van der Waals surface area contributed by atoms with Gasteiger partial charge in [-0.05, 0) is 19.1 Å². The van der Waals surface area contributed by atoms with Gasteiger partial charge in [0.05, 0.1) is 10.6 Å². The summed E-state index contributed by atoms with van der Waals surface area (Å²) in [5.74, 6) is -0.0116. The molecule has 3 heteroatoms. The van der Waals surface area contributed by atoms with Crippen LogP contribution in [0.4, 0.5) is 0 Å². The monoisotopic (exact) mass is 191 g/mol. The molecule has 0 bridgehead atoms. The van der Waals surface area contributed by atoms with Crippen LogP contribution in [0.2, 0.25) is 0 Å². The predicted molar refractivity (Wildman–Crippen MR) is 53.5 cm³/mol. The number of hydrogen-bond acceptors (Lipinski definition) is 2. The second kappa shape index (κ2) is 3.26. The number of allylic oxidation sites excluding steroid dienone is 1. The number of fused-ring (bicyclic) bond motifs is 1. The van der Waals surface area contributed by atoms with E-state index in [4.69, 9.17) is 0 Å². The van der Waals surface area contributed by atoms with Crippen molar-refractivity contribution in [2.75, 3.05) is 0 Å². The van der Waals surface area contributed by atoms with Crippen LogP contribution in [0.3, 0.4) is 0 Å². The first-order valence-corrected chi connectivity index (χ1v) is 4.87. The quantitative estimate of drug-likeness (QED) is 0.682. The minimum Gasteiger partial charge on any atom is -0.317 e. The normalized spacial score (nSPS) is 18.2. The molecular formula is C10H9NOS. The predicted octanol–water partition coefficient (Wildman–Crippen LogP) is 2.38. The molecule has 13 heavy (non-hydrogen) atoms. The third kappa shape index (κ3) is 1.47. The lowest BCUT2D eigenvalue weighted by Gasteiger charge is -2.17. The molecule has 0 fully saturated rings. The highest BCUT2D eigenvalue weighted by Gasteiger charge is 2.18. The van der Waals surface area contributed by atoms with E-state index < -0.39 is 0 Å². The van der Waals surface area contributed by atoms with Gasteiger partial charge in [-0.15, -0.1) is 0 Å². The summed E-state index contributed by atoms with van der Waals surface area (Å²) < 4.78 is 0. The fraction of sp³-hybridized carbons (Fsp3) is 0.100. The van der Waals surface area contributed by atoms with Crippen LogP contribution in [-0.2, 0) is 0 Å². The van der Waals surface area contributed by atoms with Gasteiger partial charge in [-0.2, -0.15) is 0 Å². The maximum absolute atomic E-state index is 11.5. The molecule has 1 aromatic carbocycles. The zero-order chi connectivity index (χ0) is 9.26. The average Bonchev–Trinajstić information content (AvgIpc) is 2.18. The van der Waals surface area contributed by atoms with Gasteiger partial charge >= 0.3 is 0 Å². The highest BCUT2D eigenvalue weighted by molar-refractivity contribution is 8.03. The standard InChI is InChI=1S/C10H9NOS/c1-2-9-11-10(12)7-5-3-4-6-8(7)13-9/h2-6H,1H3,(H,11,12). The van der Waals surface area contributed by atoms with Crippen LogP contribution in [0.15, 0.2) is 40.3 Å². The molecule has 0 atom stereocenters. The van der Waals surface area contributed by atoms with Gasteiger partial charge < -0.3 is 5.32 Å². The van der Waals surface area contributed by atoms with Crippen molar-refractivity contribution in [3.05, 3.63) is 40.9 Å². The summed E-state index contributed by atoms with van der Waals surface area (Å²) in [7, 11) is 0. The third-order valence-corrected chi connectivity index (χ3v) is 2.98. The Balaban J connectivity index is 2.48. The molecule has 1 aliphatic heterocycles. The summed E-state index contributed by atoms with van der Waals surface area (Å²) in [5, 5.41) is 3.71. The van der Waals surface area contributed by atoms with Crippen LogP contribution in [0.1, 0.15) is 17.3 Å². The van der Waals surface area contributed by atoms with Crippen LogP contribution in [0.5, 0.6) is 0 Å². The van der Waals surface area contributed by atoms with E-state index in [2.05, 4.69) is 5.32 Å². The maximum atomic E-state index is 11.5. The number of benzene rings is 1.